The van der Waals surface area contributed by atoms with E-state index in [1.165, 1.54) is 29.8 Å². The zero-order valence-corrected chi connectivity index (χ0v) is 13.8. The van der Waals surface area contributed by atoms with Gasteiger partial charge in [-0.05, 0) is 63.5 Å². The lowest BCUT2D eigenvalue weighted by molar-refractivity contribution is -0.0991. The van der Waals surface area contributed by atoms with Gasteiger partial charge in [-0.3, -0.25) is 0 Å². The van der Waals surface area contributed by atoms with Crippen LogP contribution < -0.4 is 5.73 Å². The van der Waals surface area contributed by atoms with Crippen LogP contribution in [0.15, 0.2) is 6.07 Å². The lowest BCUT2D eigenvalue weighted by Gasteiger charge is -2.41. The molecule has 2 atom stereocenters. The van der Waals surface area contributed by atoms with Crippen LogP contribution in [0.5, 0.6) is 0 Å². The van der Waals surface area contributed by atoms with Crippen molar-refractivity contribution in [3.05, 3.63) is 23.0 Å². The molecule has 1 saturated heterocycles. The summed E-state index contributed by atoms with van der Waals surface area (Å²) in [5, 5.41) is 0. The molecule has 118 valence electrons. The molecule has 1 aliphatic heterocycles. The van der Waals surface area contributed by atoms with Crippen LogP contribution in [0.2, 0.25) is 0 Å². The largest absolute Gasteiger partial charge is 0.375 e. The van der Waals surface area contributed by atoms with E-state index < -0.39 is 0 Å². The quantitative estimate of drug-likeness (QED) is 0.912. The topological polar surface area (TPSA) is 40.2 Å². The summed E-state index contributed by atoms with van der Waals surface area (Å²) >= 11 is 0. The third-order valence-electron chi connectivity index (χ3n) is 5.82. The second-order valence-electron chi connectivity index (χ2n) is 6.94. The Bertz CT molecular complexity index is 502. The Balaban J connectivity index is 1.93. The van der Waals surface area contributed by atoms with Gasteiger partial charge in [0.2, 0.25) is 0 Å². The van der Waals surface area contributed by atoms with Gasteiger partial charge in [-0.25, -0.2) is 0 Å². The van der Waals surface area contributed by atoms with Crippen LogP contribution in [0.3, 0.4) is 0 Å². The average Bonchev–Trinajstić information content (AvgIpc) is 2.85. The van der Waals surface area contributed by atoms with E-state index in [1.54, 1.807) is 0 Å². The van der Waals surface area contributed by atoms with Crippen molar-refractivity contribution in [2.24, 2.45) is 5.73 Å². The summed E-state index contributed by atoms with van der Waals surface area (Å²) in [7, 11) is 0. The normalized spacial score (nSPS) is 28.4. The lowest BCUT2D eigenvalue weighted by Crippen LogP contribution is -2.40. The number of aromatic nitrogens is 1. The molecule has 0 radical (unpaired) electrons. The number of hydrogen-bond acceptors (Lipinski definition) is 2. The molecular weight excluding hydrogens is 260 g/mol. The van der Waals surface area contributed by atoms with Gasteiger partial charge in [-0.15, -0.1) is 0 Å². The van der Waals surface area contributed by atoms with Crippen LogP contribution in [0.1, 0.15) is 81.4 Å². The van der Waals surface area contributed by atoms with Crippen molar-refractivity contribution < 1.29 is 4.74 Å². The zero-order valence-electron chi connectivity index (χ0n) is 13.8. The molecule has 2 aliphatic rings. The highest BCUT2D eigenvalue weighted by Crippen LogP contribution is 2.41. The van der Waals surface area contributed by atoms with Crippen molar-refractivity contribution in [2.75, 3.05) is 6.61 Å². The summed E-state index contributed by atoms with van der Waals surface area (Å²) in [6.45, 7) is 7.67. The van der Waals surface area contributed by atoms with Crippen molar-refractivity contribution in [3.8, 4) is 0 Å². The minimum Gasteiger partial charge on any atom is -0.375 e. The summed E-state index contributed by atoms with van der Waals surface area (Å²) in [4.78, 5) is 0. The number of hydrogen-bond donors (Lipinski definition) is 1. The summed E-state index contributed by atoms with van der Waals surface area (Å²) in [6, 6.07) is 3.18. The highest BCUT2D eigenvalue weighted by Gasteiger charge is 2.37. The predicted octanol–water partition coefficient (Wildman–Crippen LogP) is 4.04. The Morgan fingerprint density at radius 2 is 2.10 bits per heavy atom. The molecule has 3 nitrogen and oxygen atoms in total. The molecule has 1 aromatic rings. The number of nitrogens with two attached hydrogens (primary N) is 1. The van der Waals surface area contributed by atoms with Gasteiger partial charge in [-0.1, -0.05) is 13.8 Å². The van der Waals surface area contributed by atoms with Crippen molar-refractivity contribution in [1.29, 1.82) is 0 Å². The summed E-state index contributed by atoms with van der Waals surface area (Å²) < 4.78 is 8.77. The van der Waals surface area contributed by atoms with Crippen molar-refractivity contribution in [2.45, 2.75) is 83.4 Å². The molecule has 21 heavy (non-hydrogen) atoms. The Hall–Kier alpha value is -0.800. The Morgan fingerprint density at radius 3 is 2.81 bits per heavy atom. The maximum atomic E-state index is 6.33. The van der Waals surface area contributed by atoms with Crippen LogP contribution in [0, 0.1) is 6.92 Å². The SMILES string of the molecule is CCC1(CC)CC(n2c(C)cc3c2CCCC3N)CCO1. The molecule has 2 heterocycles. The first kappa shape index (κ1) is 15.1. The van der Waals surface area contributed by atoms with Crippen molar-refractivity contribution in [3.63, 3.8) is 0 Å². The fourth-order valence-corrected chi connectivity index (χ4v) is 4.43. The molecule has 0 spiro atoms. The maximum absolute atomic E-state index is 6.33. The van der Waals surface area contributed by atoms with Crippen LogP contribution in [-0.4, -0.2) is 16.8 Å². The summed E-state index contributed by atoms with van der Waals surface area (Å²) in [5.74, 6) is 0. The molecule has 2 N–H and O–H groups in total. The molecule has 1 fully saturated rings. The molecule has 0 aromatic carbocycles. The molecule has 0 bridgehead atoms. The Morgan fingerprint density at radius 1 is 1.33 bits per heavy atom. The third-order valence-corrected chi connectivity index (χ3v) is 5.82. The standard InChI is InChI=1S/C18H30N2O/c1-4-18(5-2)12-14(9-10-21-18)20-13(3)11-15-16(19)7-6-8-17(15)20/h11,14,16H,4-10,12,19H2,1-3H3. The molecule has 0 saturated carbocycles. The van der Waals surface area contributed by atoms with Gasteiger partial charge < -0.3 is 15.0 Å². The summed E-state index contributed by atoms with van der Waals surface area (Å²) in [5.41, 5.74) is 10.7. The second-order valence-corrected chi connectivity index (χ2v) is 6.94. The maximum Gasteiger partial charge on any atom is 0.0697 e. The predicted molar refractivity (Wildman–Crippen MR) is 86.6 cm³/mol. The van der Waals surface area contributed by atoms with Gasteiger partial charge in [-0.2, -0.15) is 0 Å². The zero-order chi connectivity index (χ0) is 15.0. The molecule has 3 rings (SSSR count). The summed E-state index contributed by atoms with van der Waals surface area (Å²) in [6.07, 6.45) is 8.07. The number of fused-ring (bicyclic) bond motifs is 1. The number of rotatable bonds is 3. The van der Waals surface area contributed by atoms with Gasteiger partial charge >= 0.3 is 0 Å². The number of ether oxygens (including phenoxy) is 1. The van der Waals surface area contributed by atoms with Gasteiger partial charge in [0.05, 0.1) is 5.60 Å². The molecule has 1 aliphatic carbocycles. The van der Waals surface area contributed by atoms with Crippen molar-refractivity contribution >= 4 is 0 Å². The first-order chi connectivity index (χ1) is 10.1. The molecular formula is C18H30N2O. The lowest BCUT2D eigenvalue weighted by atomic mass is 9.85. The van der Waals surface area contributed by atoms with Crippen LogP contribution in [-0.2, 0) is 11.2 Å². The Labute approximate surface area is 128 Å². The second kappa shape index (κ2) is 5.77. The van der Waals surface area contributed by atoms with Gasteiger partial charge in [0.25, 0.3) is 0 Å². The first-order valence-corrected chi connectivity index (χ1v) is 8.70. The van der Waals surface area contributed by atoms with Gasteiger partial charge in [0.1, 0.15) is 0 Å². The minimum absolute atomic E-state index is 0.0866. The molecule has 1 aromatic heterocycles. The van der Waals surface area contributed by atoms with E-state index in [0.29, 0.717) is 6.04 Å². The van der Waals surface area contributed by atoms with Gasteiger partial charge in [0.15, 0.2) is 0 Å². The first-order valence-electron chi connectivity index (χ1n) is 8.70. The molecule has 0 amide bonds. The number of aryl methyl sites for hydroxylation is 1. The third kappa shape index (κ3) is 2.55. The fraction of sp³-hybridized carbons (Fsp3) is 0.778. The number of nitrogens with zero attached hydrogens (tertiary/aromatic N) is 1. The van der Waals surface area contributed by atoms with E-state index in [1.807, 2.05) is 0 Å². The van der Waals surface area contributed by atoms with E-state index >= 15 is 0 Å². The van der Waals surface area contributed by atoms with E-state index in [0.717, 1.165) is 38.7 Å². The Kier molecular flexibility index (Phi) is 4.15. The van der Waals surface area contributed by atoms with Crippen molar-refractivity contribution in [1.82, 2.24) is 4.57 Å². The van der Waals surface area contributed by atoms with Crippen LogP contribution >= 0.6 is 0 Å². The van der Waals surface area contributed by atoms with E-state index in [9.17, 15) is 0 Å². The van der Waals surface area contributed by atoms with E-state index in [-0.39, 0.29) is 11.6 Å². The highest BCUT2D eigenvalue weighted by molar-refractivity contribution is 5.33. The van der Waals surface area contributed by atoms with Crippen LogP contribution in [0.25, 0.3) is 0 Å². The van der Waals surface area contributed by atoms with Gasteiger partial charge in [0, 0.05) is 30.1 Å². The minimum atomic E-state index is 0.0866. The van der Waals surface area contributed by atoms with E-state index in [4.69, 9.17) is 10.5 Å². The monoisotopic (exact) mass is 290 g/mol. The highest BCUT2D eigenvalue weighted by atomic mass is 16.5. The van der Waals surface area contributed by atoms with Crippen LogP contribution in [0.4, 0.5) is 0 Å². The molecule has 2 unspecified atom stereocenters. The molecule has 3 heteroatoms. The fourth-order valence-electron chi connectivity index (χ4n) is 4.43. The smallest absolute Gasteiger partial charge is 0.0697 e. The van der Waals surface area contributed by atoms with E-state index in [2.05, 4.69) is 31.4 Å². The average molecular weight is 290 g/mol.